The Labute approximate surface area is 137 Å². The monoisotopic (exact) mass is 336 g/mol. The molecule has 24 heavy (non-hydrogen) atoms. The Hall–Kier alpha value is -2.48. The minimum atomic E-state index is -1.08. The zero-order valence-corrected chi connectivity index (χ0v) is 12.9. The first-order valence-corrected chi connectivity index (χ1v) is 7.72. The van der Waals surface area contributed by atoms with Crippen LogP contribution in [0.1, 0.15) is 25.7 Å². The summed E-state index contributed by atoms with van der Waals surface area (Å²) in [6.45, 7) is 0. The number of nitrogens with two attached hydrogens (primary N) is 1. The van der Waals surface area contributed by atoms with Crippen molar-refractivity contribution in [3.05, 3.63) is 36.0 Å². The van der Waals surface area contributed by atoms with Crippen LogP contribution >= 0.6 is 0 Å². The van der Waals surface area contributed by atoms with E-state index in [-0.39, 0.29) is 29.6 Å². The summed E-state index contributed by atoms with van der Waals surface area (Å²) in [4.78, 5) is 7.93. The lowest BCUT2D eigenvalue weighted by molar-refractivity contribution is 0.126. The second kappa shape index (κ2) is 6.96. The van der Waals surface area contributed by atoms with Crippen LogP contribution in [0.4, 0.5) is 20.5 Å². The van der Waals surface area contributed by atoms with E-state index in [4.69, 9.17) is 10.5 Å². The van der Waals surface area contributed by atoms with Crippen LogP contribution in [0.2, 0.25) is 0 Å². The normalized spacial score (nSPS) is 20.6. The molecule has 0 bridgehead atoms. The maximum Gasteiger partial charge on any atom is 0.222 e. The van der Waals surface area contributed by atoms with Gasteiger partial charge in [0.15, 0.2) is 23.1 Å². The van der Waals surface area contributed by atoms with Gasteiger partial charge in [0, 0.05) is 6.04 Å². The predicted molar refractivity (Wildman–Crippen MR) is 84.8 cm³/mol. The molecule has 6 nitrogen and oxygen atoms in total. The molecule has 1 saturated carbocycles. The molecule has 0 spiro atoms. The second-order valence-electron chi connectivity index (χ2n) is 5.74. The average molecular weight is 336 g/mol. The fraction of sp³-hybridized carbons (Fsp3) is 0.375. The van der Waals surface area contributed by atoms with Crippen LogP contribution in [0.25, 0.3) is 0 Å². The Morgan fingerprint density at radius 3 is 2.67 bits per heavy atom. The first kappa shape index (κ1) is 16.4. The highest BCUT2D eigenvalue weighted by atomic mass is 19.2. The number of nitrogen functional groups attached to an aromatic ring is 1. The van der Waals surface area contributed by atoms with Gasteiger partial charge < -0.3 is 20.9 Å². The van der Waals surface area contributed by atoms with Crippen LogP contribution in [0.3, 0.4) is 0 Å². The maximum atomic E-state index is 13.8. The number of nitrogens with one attached hydrogen (secondary N) is 1. The molecule has 2 aromatic rings. The van der Waals surface area contributed by atoms with Crippen LogP contribution in [-0.4, -0.2) is 27.2 Å². The average Bonchev–Trinajstić information content (AvgIpc) is 2.56. The van der Waals surface area contributed by atoms with E-state index >= 15 is 0 Å². The largest absolute Gasteiger partial charge is 0.449 e. The van der Waals surface area contributed by atoms with Gasteiger partial charge in [0.2, 0.25) is 11.8 Å². The number of aliphatic hydroxyl groups is 1. The van der Waals surface area contributed by atoms with E-state index in [1.54, 1.807) is 0 Å². The van der Waals surface area contributed by atoms with Gasteiger partial charge >= 0.3 is 0 Å². The molecule has 0 amide bonds. The van der Waals surface area contributed by atoms with E-state index in [0.29, 0.717) is 18.7 Å². The van der Waals surface area contributed by atoms with Crippen LogP contribution in [0.5, 0.6) is 11.5 Å². The van der Waals surface area contributed by atoms with Gasteiger partial charge in [-0.25, -0.2) is 9.37 Å². The van der Waals surface area contributed by atoms with Crippen LogP contribution in [0.15, 0.2) is 24.4 Å². The van der Waals surface area contributed by atoms with E-state index in [1.807, 2.05) is 0 Å². The lowest BCUT2D eigenvalue weighted by Crippen LogP contribution is -2.28. The van der Waals surface area contributed by atoms with Crippen molar-refractivity contribution in [1.82, 2.24) is 9.97 Å². The number of rotatable bonds is 4. The molecule has 0 aliphatic heterocycles. The Morgan fingerprint density at radius 1 is 1.17 bits per heavy atom. The Balaban J connectivity index is 1.81. The van der Waals surface area contributed by atoms with Crippen molar-refractivity contribution in [2.75, 3.05) is 11.1 Å². The zero-order valence-electron chi connectivity index (χ0n) is 12.9. The van der Waals surface area contributed by atoms with Crippen molar-refractivity contribution in [2.24, 2.45) is 0 Å². The van der Waals surface area contributed by atoms with Gasteiger partial charge in [-0.2, -0.15) is 9.37 Å². The van der Waals surface area contributed by atoms with E-state index in [0.717, 1.165) is 18.9 Å². The van der Waals surface area contributed by atoms with Gasteiger partial charge in [0.05, 0.1) is 12.3 Å². The van der Waals surface area contributed by atoms with E-state index in [9.17, 15) is 13.9 Å². The number of hydrogen-bond acceptors (Lipinski definition) is 6. The molecule has 1 heterocycles. The molecule has 1 aliphatic carbocycles. The number of benzene rings is 1. The van der Waals surface area contributed by atoms with Crippen molar-refractivity contribution in [3.63, 3.8) is 0 Å². The zero-order chi connectivity index (χ0) is 17.1. The first-order chi connectivity index (χ1) is 11.5. The predicted octanol–water partition coefficient (Wildman–Crippen LogP) is 2.84. The summed E-state index contributed by atoms with van der Waals surface area (Å²) in [5.41, 5.74) is 5.61. The van der Waals surface area contributed by atoms with Crippen molar-refractivity contribution in [3.8, 4) is 11.5 Å². The molecule has 0 saturated heterocycles. The lowest BCUT2D eigenvalue weighted by atomic mass is 9.93. The van der Waals surface area contributed by atoms with Crippen molar-refractivity contribution < 1.29 is 18.6 Å². The molecular weight excluding hydrogens is 318 g/mol. The molecule has 0 radical (unpaired) electrons. The molecule has 128 valence electrons. The van der Waals surface area contributed by atoms with Crippen LogP contribution < -0.4 is 15.8 Å². The summed E-state index contributed by atoms with van der Waals surface area (Å²) >= 11 is 0. The minimum Gasteiger partial charge on any atom is -0.449 e. The summed E-state index contributed by atoms with van der Waals surface area (Å²) < 4.78 is 32.5. The Bertz CT molecular complexity index is 721. The SMILES string of the molecule is Nc1ncc(Oc2cccc(F)c2F)c(NC2CCC(O)CC2)n1. The van der Waals surface area contributed by atoms with Gasteiger partial charge in [-0.3, -0.25) is 0 Å². The third-order valence-electron chi connectivity index (χ3n) is 3.95. The summed E-state index contributed by atoms with van der Waals surface area (Å²) in [5.74, 6) is -1.83. The van der Waals surface area contributed by atoms with Crippen LogP contribution in [-0.2, 0) is 0 Å². The molecule has 1 aliphatic rings. The smallest absolute Gasteiger partial charge is 0.222 e. The van der Waals surface area contributed by atoms with Gasteiger partial charge in [-0.1, -0.05) is 6.07 Å². The van der Waals surface area contributed by atoms with E-state index in [2.05, 4.69) is 15.3 Å². The Kier molecular flexibility index (Phi) is 4.75. The quantitative estimate of drug-likeness (QED) is 0.795. The number of hydrogen-bond donors (Lipinski definition) is 3. The highest BCUT2D eigenvalue weighted by Gasteiger charge is 2.22. The van der Waals surface area contributed by atoms with Gasteiger partial charge in [-0.05, 0) is 37.8 Å². The number of nitrogens with zero attached hydrogens (tertiary/aromatic N) is 2. The molecule has 1 fully saturated rings. The lowest BCUT2D eigenvalue weighted by Gasteiger charge is -2.27. The molecule has 0 atom stereocenters. The fourth-order valence-electron chi connectivity index (χ4n) is 2.66. The van der Waals surface area contributed by atoms with E-state index < -0.39 is 11.6 Å². The molecule has 1 aromatic heterocycles. The molecule has 1 aromatic carbocycles. The maximum absolute atomic E-state index is 13.8. The van der Waals surface area contributed by atoms with Crippen molar-refractivity contribution >= 4 is 11.8 Å². The molecule has 0 unspecified atom stereocenters. The fourth-order valence-corrected chi connectivity index (χ4v) is 2.66. The number of anilines is 2. The molecular formula is C16H18F2N4O2. The number of ether oxygens (including phenoxy) is 1. The topological polar surface area (TPSA) is 93.3 Å². The minimum absolute atomic E-state index is 0.0420. The van der Waals surface area contributed by atoms with Gasteiger partial charge in [0.25, 0.3) is 0 Å². The first-order valence-electron chi connectivity index (χ1n) is 7.72. The summed E-state index contributed by atoms with van der Waals surface area (Å²) in [6, 6.07) is 3.76. The molecule has 3 rings (SSSR count). The summed E-state index contributed by atoms with van der Waals surface area (Å²) in [7, 11) is 0. The third kappa shape index (κ3) is 3.70. The summed E-state index contributed by atoms with van der Waals surface area (Å²) in [6.07, 6.45) is 3.93. The van der Waals surface area contributed by atoms with Crippen molar-refractivity contribution in [2.45, 2.75) is 37.8 Å². The Morgan fingerprint density at radius 2 is 1.92 bits per heavy atom. The van der Waals surface area contributed by atoms with Gasteiger partial charge in [-0.15, -0.1) is 0 Å². The number of aliphatic hydroxyl groups excluding tert-OH is 1. The highest BCUT2D eigenvalue weighted by Crippen LogP contribution is 2.32. The third-order valence-corrected chi connectivity index (χ3v) is 3.95. The van der Waals surface area contributed by atoms with Crippen LogP contribution in [0, 0.1) is 11.6 Å². The standard InChI is InChI=1S/C16H18F2N4O2/c17-11-2-1-3-12(14(11)18)24-13-8-20-16(19)22-15(13)21-9-4-6-10(23)7-5-9/h1-3,8-10,23H,4-7H2,(H3,19,20,21,22). The van der Waals surface area contributed by atoms with Crippen molar-refractivity contribution in [1.29, 1.82) is 0 Å². The van der Waals surface area contributed by atoms with Gasteiger partial charge in [0.1, 0.15) is 0 Å². The highest BCUT2D eigenvalue weighted by molar-refractivity contribution is 5.53. The number of aromatic nitrogens is 2. The molecule has 4 N–H and O–H groups in total. The van der Waals surface area contributed by atoms with E-state index in [1.165, 1.54) is 18.3 Å². The number of halogens is 2. The molecule has 8 heteroatoms. The summed E-state index contributed by atoms with van der Waals surface area (Å²) in [5, 5.41) is 12.7. The second-order valence-corrected chi connectivity index (χ2v) is 5.74.